The summed E-state index contributed by atoms with van der Waals surface area (Å²) in [7, 11) is 0. The summed E-state index contributed by atoms with van der Waals surface area (Å²) in [6.07, 6.45) is 29.2. The van der Waals surface area contributed by atoms with Crippen molar-refractivity contribution in [3.63, 3.8) is 0 Å². The Labute approximate surface area is 327 Å². The van der Waals surface area contributed by atoms with Gasteiger partial charge in [-0.25, -0.2) is 0 Å². The number of aryl methyl sites for hydroxylation is 2. The minimum absolute atomic E-state index is 0.874. The minimum Gasteiger partial charge on any atom is -0.405 e. The first kappa shape index (κ1) is 41.4. The standard InChI is InChI=1S/C42H47N.C10H15N/c1-8-29(4)31(6)16-17-33-18-20-39-37(25-33)27-41-40-21-19-34(26-38(40)28-42(39)41)24-32(7)30(5)14-12-11-13-15-35(9-2)36(10-3)22-23-43;1-3-8-5-6-10(11)7-9(8)4-2/h8,11-26H,1,9-10,27-28,43H2,2-7H3;5-7H,3-4,11H2,1-2H3/b12-11+,15-13-,17-16-,23-22+,30-14-,31-29-,32-24-,36-35-;. The highest BCUT2D eigenvalue weighted by molar-refractivity contribution is 6.02. The highest BCUT2D eigenvalue weighted by Crippen LogP contribution is 2.47. The Morgan fingerprint density at radius 1 is 0.648 bits per heavy atom. The van der Waals surface area contributed by atoms with Gasteiger partial charge in [0.15, 0.2) is 0 Å². The van der Waals surface area contributed by atoms with Crippen LogP contribution in [0.25, 0.3) is 23.3 Å². The van der Waals surface area contributed by atoms with Gasteiger partial charge < -0.3 is 11.5 Å². The topological polar surface area (TPSA) is 52.0 Å². The molecule has 0 aliphatic heterocycles. The molecule has 0 spiro atoms. The monoisotopic (exact) mass is 714 g/mol. The number of allylic oxidation sites excluding steroid dienone is 16. The Hall–Kier alpha value is -5.34. The molecule has 0 saturated carbocycles. The molecular formula is C52H62N2. The number of hydrogen-bond acceptors (Lipinski definition) is 2. The lowest BCUT2D eigenvalue weighted by molar-refractivity contribution is 1.04. The molecule has 2 aliphatic carbocycles. The molecule has 0 bridgehead atoms. The third kappa shape index (κ3) is 10.6. The van der Waals surface area contributed by atoms with Gasteiger partial charge in [-0.15, -0.1) is 0 Å². The third-order valence-corrected chi connectivity index (χ3v) is 10.8. The molecule has 3 aromatic rings. The zero-order chi connectivity index (χ0) is 39.2. The van der Waals surface area contributed by atoms with Crippen molar-refractivity contribution in [2.24, 2.45) is 5.73 Å². The molecule has 0 aromatic heterocycles. The molecule has 0 atom stereocenters. The number of nitrogens with two attached hydrogens (primary N) is 2. The normalized spacial score (nSPS) is 15.1. The SMILES string of the molecule is C=C/C(C)=C(C)\C=C/c1ccc2c(c1)CC1=C2Cc2cc(\C=C(C)/C(C)=C\C=C\C=C/C(CC)=C(\C=C\N)CC)ccc21.CCc1ccc(N)cc1CC. The second-order valence-corrected chi connectivity index (χ2v) is 14.3. The van der Waals surface area contributed by atoms with E-state index in [0.717, 1.165) is 44.2 Å². The van der Waals surface area contributed by atoms with Crippen LogP contribution in [-0.2, 0) is 25.7 Å². The zero-order valence-corrected chi connectivity index (χ0v) is 34.2. The van der Waals surface area contributed by atoms with Crippen molar-refractivity contribution in [2.75, 3.05) is 5.73 Å². The number of hydrogen-bond donors (Lipinski definition) is 2. The van der Waals surface area contributed by atoms with Crippen molar-refractivity contribution >= 4 is 29.0 Å². The summed E-state index contributed by atoms with van der Waals surface area (Å²) >= 11 is 0. The van der Waals surface area contributed by atoms with E-state index in [1.54, 1.807) is 6.20 Å². The second-order valence-electron chi connectivity index (χ2n) is 14.3. The first-order chi connectivity index (χ1) is 26.1. The molecule has 2 aliphatic rings. The first-order valence-corrected chi connectivity index (χ1v) is 19.7. The lowest BCUT2D eigenvalue weighted by atomic mass is 9.95. The van der Waals surface area contributed by atoms with E-state index in [9.17, 15) is 0 Å². The van der Waals surface area contributed by atoms with E-state index in [1.165, 1.54) is 89.1 Å². The summed E-state index contributed by atoms with van der Waals surface area (Å²) in [5.41, 5.74) is 33.9. The van der Waals surface area contributed by atoms with Crippen LogP contribution in [0, 0.1) is 0 Å². The molecule has 3 aromatic carbocycles. The van der Waals surface area contributed by atoms with Gasteiger partial charge in [0.05, 0.1) is 0 Å². The van der Waals surface area contributed by atoms with Gasteiger partial charge in [-0.1, -0.05) is 131 Å². The number of rotatable bonds is 13. The maximum Gasteiger partial charge on any atom is 0.0316 e. The molecule has 54 heavy (non-hydrogen) atoms. The summed E-state index contributed by atoms with van der Waals surface area (Å²) in [6, 6.07) is 20.1. The quantitative estimate of drug-likeness (QED) is 0.137. The Morgan fingerprint density at radius 2 is 1.26 bits per heavy atom. The minimum atomic E-state index is 0.874. The van der Waals surface area contributed by atoms with Gasteiger partial charge in [-0.2, -0.15) is 0 Å². The van der Waals surface area contributed by atoms with Gasteiger partial charge in [0, 0.05) is 5.69 Å². The maximum absolute atomic E-state index is 5.66. The number of benzene rings is 3. The van der Waals surface area contributed by atoms with Gasteiger partial charge >= 0.3 is 0 Å². The van der Waals surface area contributed by atoms with E-state index < -0.39 is 0 Å². The van der Waals surface area contributed by atoms with Crippen LogP contribution >= 0.6 is 0 Å². The van der Waals surface area contributed by atoms with Crippen molar-refractivity contribution in [3.05, 3.63) is 194 Å². The van der Waals surface area contributed by atoms with Crippen LogP contribution in [0.2, 0.25) is 0 Å². The van der Waals surface area contributed by atoms with Gasteiger partial charge in [-0.3, -0.25) is 0 Å². The predicted octanol–water partition coefficient (Wildman–Crippen LogP) is 13.7. The number of fused-ring (bicyclic) bond motifs is 4. The van der Waals surface area contributed by atoms with Gasteiger partial charge in [0.1, 0.15) is 0 Å². The fraction of sp³-hybridized carbons (Fsp3) is 0.269. The first-order valence-electron chi connectivity index (χ1n) is 19.7. The number of nitrogen functional groups attached to an aromatic ring is 1. The fourth-order valence-corrected chi connectivity index (χ4v) is 7.20. The lowest BCUT2D eigenvalue weighted by Gasteiger charge is -2.09. The largest absolute Gasteiger partial charge is 0.405 e. The third-order valence-electron chi connectivity index (χ3n) is 10.8. The maximum atomic E-state index is 5.66. The Kier molecular flexibility index (Phi) is 15.5. The van der Waals surface area contributed by atoms with E-state index >= 15 is 0 Å². The van der Waals surface area contributed by atoms with Crippen molar-refractivity contribution in [1.29, 1.82) is 0 Å². The lowest BCUT2D eigenvalue weighted by Crippen LogP contribution is -1.93. The summed E-state index contributed by atoms with van der Waals surface area (Å²) in [6.45, 7) is 21.2. The van der Waals surface area contributed by atoms with E-state index in [0.29, 0.717) is 0 Å². The van der Waals surface area contributed by atoms with Crippen molar-refractivity contribution in [1.82, 2.24) is 0 Å². The molecule has 2 heteroatoms. The van der Waals surface area contributed by atoms with Crippen molar-refractivity contribution in [3.8, 4) is 0 Å². The summed E-state index contributed by atoms with van der Waals surface area (Å²) in [4.78, 5) is 0. The van der Waals surface area contributed by atoms with Crippen LogP contribution in [0.15, 0.2) is 149 Å². The molecule has 0 unspecified atom stereocenters. The smallest absolute Gasteiger partial charge is 0.0316 e. The average molecular weight is 715 g/mol. The van der Waals surface area contributed by atoms with E-state index in [2.05, 4.69) is 159 Å². The van der Waals surface area contributed by atoms with Crippen LogP contribution in [-0.4, -0.2) is 0 Å². The molecular weight excluding hydrogens is 653 g/mol. The van der Waals surface area contributed by atoms with Gasteiger partial charge in [0.2, 0.25) is 0 Å². The molecule has 0 fully saturated rings. The Balaban J connectivity index is 0.000000506. The molecule has 0 heterocycles. The fourth-order valence-electron chi connectivity index (χ4n) is 7.20. The van der Waals surface area contributed by atoms with E-state index in [1.807, 2.05) is 18.2 Å². The van der Waals surface area contributed by atoms with E-state index in [-0.39, 0.29) is 0 Å². The number of anilines is 1. The van der Waals surface area contributed by atoms with Crippen LogP contribution in [0.1, 0.15) is 113 Å². The Morgan fingerprint density at radius 3 is 1.85 bits per heavy atom. The molecule has 280 valence electrons. The second kappa shape index (κ2) is 20.2. The molecule has 0 radical (unpaired) electrons. The van der Waals surface area contributed by atoms with Crippen molar-refractivity contribution < 1.29 is 0 Å². The van der Waals surface area contributed by atoms with Crippen LogP contribution in [0.3, 0.4) is 0 Å². The van der Waals surface area contributed by atoms with Crippen LogP contribution in [0.5, 0.6) is 0 Å². The van der Waals surface area contributed by atoms with Gasteiger partial charge in [-0.05, 0) is 180 Å². The Bertz CT molecular complexity index is 2110. The van der Waals surface area contributed by atoms with E-state index in [4.69, 9.17) is 11.5 Å². The summed E-state index contributed by atoms with van der Waals surface area (Å²) in [5, 5.41) is 0. The average Bonchev–Trinajstić information content (AvgIpc) is 3.72. The summed E-state index contributed by atoms with van der Waals surface area (Å²) < 4.78 is 0. The molecule has 0 amide bonds. The van der Waals surface area contributed by atoms with Crippen molar-refractivity contribution in [2.45, 2.75) is 93.9 Å². The highest BCUT2D eigenvalue weighted by atomic mass is 14.5. The molecule has 2 nitrogen and oxygen atoms in total. The van der Waals surface area contributed by atoms with Crippen LogP contribution < -0.4 is 11.5 Å². The molecule has 4 N–H and O–H groups in total. The molecule has 5 rings (SSSR count). The molecule has 0 saturated heterocycles. The van der Waals surface area contributed by atoms with Gasteiger partial charge in [0.25, 0.3) is 0 Å². The van der Waals surface area contributed by atoms with Crippen LogP contribution in [0.4, 0.5) is 5.69 Å². The predicted molar refractivity (Wildman–Crippen MR) is 241 cm³/mol. The summed E-state index contributed by atoms with van der Waals surface area (Å²) in [5.74, 6) is 0. The zero-order valence-electron chi connectivity index (χ0n) is 34.2. The highest BCUT2D eigenvalue weighted by Gasteiger charge is 2.29.